The van der Waals surface area contributed by atoms with E-state index in [1.807, 2.05) is 0 Å². The Kier molecular flexibility index (Phi) is 9.50. The molecule has 3 amide bonds. The van der Waals surface area contributed by atoms with Crippen LogP contribution in [0.15, 0.2) is 72.8 Å². The van der Waals surface area contributed by atoms with Crippen molar-refractivity contribution in [2.24, 2.45) is 0 Å². The normalized spacial score (nSPS) is 11.7. The third kappa shape index (κ3) is 9.04. The van der Waals surface area contributed by atoms with E-state index < -0.39 is 42.5 Å². The zero-order valence-corrected chi connectivity index (χ0v) is 20.7. The molecule has 0 unspecified atom stereocenters. The van der Waals surface area contributed by atoms with Crippen LogP contribution in [-0.2, 0) is 20.8 Å². The molecule has 0 heterocycles. The first kappa shape index (κ1) is 29.0. The second-order valence-electron chi connectivity index (χ2n) is 8.09. The van der Waals surface area contributed by atoms with E-state index in [4.69, 9.17) is 21.4 Å². The third-order valence-electron chi connectivity index (χ3n) is 5.09. The molecule has 9 nitrogen and oxygen atoms in total. The van der Waals surface area contributed by atoms with Crippen molar-refractivity contribution in [1.29, 1.82) is 0 Å². The Bertz CT molecular complexity index is 1350. The van der Waals surface area contributed by atoms with Gasteiger partial charge in [-0.2, -0.15) is 13.2 Å². The molecule has 0 aliphatic rings. The zero-order chi connectivity index (χ0) is 28.6. The van der Waals surface area contributed by atoms with Gasteiger partial charge < -0.3 is 25.8 Å². The van der Waals surface area contributed by atoms with Gasteiger partial charge in [-0.3, -0.25) is 14.4 Å². The number of aromatic carboxylic acids is 1. The number of carboxylic acid groups (broad SMARTS) is 1. The molecule has 204 valence electrons. The van der Waals surface area contributed by atoms with Crippen LogP contribution in [-0.4, -0.2) is 47.6 Å². The molecule has 0 bridgehead atoms. The maximum absolute atomic E-state index is 13.0. The van der Waals surface area contributed by atoms with Gasteiger partial charge in [0.1, 0.15) is 11.8 Å². The van der Waals surface area contributed by atoms with Crippen LogP contribution in [0.5, 0.6) is 5.75 Å². The molecule has 0 aliphatic heterocycles. The molecule has 0 saturated heterocycles. The van der Waals surface area contributed by atoms with E-state index in [1.54, 1.807) is 30.3 Å². The minimum Gasteiger partial charge on any atom is -0.482 e. The summed E-state index contributed by atoms with van der Waals surface area (Å²) in [6, 6.07) is 16.0. The number of rotatable bonds is 9. The second kappa shape index (κ2) is 12.8. The van der Waals surface area contributed by atoms with Crippen molar-refractivity contribution >= 4 is 46.7 Å². The highest BCUT2D eigenvalue weighted by atomic mass is 35.5. The minimum absolute atomic E-state index is 0.00148. The monoisotopic (exact) mass is 563 g/mol. The van der Waals surface area contributed by atoms with Crippen molar-refractivity contribution in [2.75, 3.05) is 17.2 Å². The van der Waals surface area contributed by atoms with Gasteiger partial charge >= 0.3 is 24.0 Å². The Balaban J connectivity index is 1.75. The van der Waals surface area contributed by atoms with Gasteiger partial charge in [0.05, 0.1) is 11.3 Å². The SMILES string of the molecule is O=C(Nc1cc(Cl)ccc1OCC(F)(F)F)C(=O)N[C@@H](Cc1ccccc1)C(=O)Nc1ccc(C(=O)O)cc1. The summed E-state index contributed by atoms with van der Waals surface area (Å²) in [5.74, 6) is -4.78. The summed E-state index contributed by atoms with van der Waals surface area (Å²) in [6.07, 6.45) is -4.67. The smallest absolute Gasteiger partial charge is 0.422 e. The first-order valence-corrected chi connectivity index (χ1v) is 11.6. The van der Waals surface area contributed by atoms with E-state index >= 15 is 0 Å². The molecular weight excluding hydrogens is 543 g/mol. The zero-order valence-electron chi connectivity index (χ0n) is 19.9. The summed E-state index contributed by atoms with van der Waals surface area (Å²) in [5.41, 5.74) is 0.609. The number of hydrogen-bond donors (Lipinski definition) is 4. The standard InChI is InChI=1S/C26H21ClF3N3O6/c27-17-8-11-21(39-14-26(28,29)30)19(13-17)32-23(35)24(36)33-20(12-15-4-2-1-3-5-15)22(34)31-18-9-6-16(7-10-18)25(37)38/h1-11,13,20H,12,14H2,(H,31,34)(H,32,35)(H,33,36)(H,37,38)/t20-/m0/s1. The van der Waals surface area contributed by atoms with Gasteiger partial charge in [0.15, 0.2) is 6.61 Å². The summed E-state index contributed by atoms with van der Waals surface area (Å²) in [7, 11) is 0. The molecule has 0 fully saturated rings. The highest BCUT2D eigenvalue weighted by Gasteiger charge is 2.30. The average Bonchev–Trinajstić information content (AvgIpc) is 2.88. The summed E-state index contributed by atoms with van der Waals surface area (Å²) >= 11 is 5.88. The lowest BCUT2D eigenvalue weighted by Crippen LogP contribution is -2.48. The number of carboxylic acids is 1. The largest absolute Gasteiger partial charge is 0.482 e. The van der Waals surface area contributed by atoms with Crippen LogP contribution in [0.1, 0.15) is 15.9 Å². The van der Waals surface area contributed by atoms with Crippen LogP contribution < -0.4 is 20.7 Å². The Labute approximate surface area is 224 Å². The van der Waals surface area contributed by atoms with Gasteiger partial charge in [-0.05, 0) is 48.0 Å². The highest BCUT2D eigenvalue weighted by molar-refractivity contribution is 6.40. The Morgan fingerprint density at radius 2 is 1.56 bits per heavy atom. The third-order valence-corrected chi connectivity index (χ3v) is 5.33. The van der Waals surface area contributed by atoms with Crippen LogP contribution >= 0.6 is 11.6 Å². The molecule has 3 rings (SSSR count). The summed E-state index contributed by atoms with van der Waals surface area (Å²) in [5, 5.41) is 16.1. The predicted molar refractivity (Wildman–Crippen MR) is 136 cm³/mol. The summed E-state index contributed by atoms with van der Waals surface area (Å²) in [4.78, 5) is 49.4. The van der Waals surface area contributed by atoms with E-state index in [-0.39, 0.29) is 34.1 Å². The van der Waals surface area contributed by atoms with Crippen LogP contribution in [0.4, 0.5) is 24.5 Å². The molecule has 0 aromatic heterocycles. The molecule has 4 N–H and O–H groups in total. The van der Waals surface area contributed by atoms with Gasteiger partial charge in [0.2, 0.25) is 5.91 Å². The number of nitrogens with one attached hydrogen (secondary N) is 3. The first-order valence-electron chi connectivity index (χ1n) is 11.2. The molecule has 0 spiro atoms. The fraction of sp³-hybridized carbons (Fsp3) is 0.154. The van der Waals surface area contributed by atoms with E-state index in [0.717, 1.165) is 12.1 Å². The van der Waals surface area contributed by atoms with Crippen molar-refractivity contribution in [3.05, 3.63) is 88.9 Å². The van der Waals surface area contributed by atoms with Crippen molar-refractivity contribution < 1.29 is 42.2 Å². The number of amides is 3. The van der Waals surface area contributed by atoms with Crippen LogP contribution in [0.2, 0.25) is 5.02 Å². The number of carbonyl (C=O) groups is 4. The molecule has 13 heteroatoms. The maximum atomic E-state index is 13.0. The average molecular weight is 564 g/mol. The lowest BCUT2D eigenvalue weighted by atomic mass is 10.0. The van der Waals surface area contributed by atoms with E-state index in [9.17, 15) is 32.3 Å². The quantitative estimate of drug-likeness (QED) is 0.287. The molecule has 0 saturated carbocycles. The van der Waals surface area contributed by atoms with E-state index in [2.05, 4.69) is 16.0 Å². The lowest BCUT2D eigenvalue weighted by Gasteiger charge is -2.19. The Morgan fingerprint density at radius 3 is 2.18 bits per heavy atom. The molecule has 0 aliphatic carbocycles. The molecular formula is C26H21ClF3N3O6. The van der Waals surface area contributed by atoms with Crippen molar-refractivity contribution in [3.8, 4) is 5.75 Å². The van der Waals surface area contributed by atoms with Gasteiger partial charge in [-0.25, -0.2) is 4.79 Å². The molecule has 39 heavy (non-hydrogen) atoms. The number of carbonyl (C=O) groups excluding carboxylic acids is 3. The van der Waals surface area contributed by atoms with Gasteiger partial charge in [-0.1, -0.05) is 41.9 Å². The molecule has 3 aromatic rings. The van der Waals surface area contributed by atoms with Crippen molar-refractivity contribution in [2.45, 2.75) is 18.6 Å². The second-order valence-corrected chi connectivity index (χ2v) is 8.52. The minimum atomic E-state index is -4.65. The number of hydrogen-bond acceptors (Lipinski definition) is 5. The van der Waals surface area contributed by atoms with Gasteiger partial charge in [-0.15, -0.1) is 0 Å². The van der Waals surface area contributed by atoms with Gasteiger partial charge in [0.25, 0.3) is 0 Å². The summed E-state index contributed by atoms with van der Waals surface area (Å²) < 4.78 is 42.5. The Morgan fingerprint density at radius 1 is 0.897 bits per heavy atom. The molecule has 1 atom stereocenters. The van der Waals surface area contributed by atoms with E-state index in [1.165, 1.54) is 30.3 Å². The Hall–Kier alpha value is -4.58. The van der Waals surface area contributed by atoms with Crippen LogP contribution in [0, 0.1) is 0 Å². The number of halogens is 4. The van der Waals surface area contributed by atoms with Crippen LogP contribution in [0.25, 0.3) is 0 Å². The fourth-order valence-electron chi connectivity index (χ4n) is 3.27. The van der Waals surface area contributed by atoms with E-state index in [0.29, 0.717) is 5.56 Å². The van der Waals surface area contributed by atoms with Crippen molar-refractivity contribution in [3.63, 3.8) is 0 Å². The highest BCUT2D eigenvalue weighted by Crippen LogP contribution is 2.29. The van der Waals surface area contributed by atoms with Crippen LogP contribution in [0.3, 0.4) is 0 Å². The number of benzene rings is 3. The number of alkyl halides is 3. The first-order chi connectivity index (χ1) is 18.4. The number of ether oxygens (including phenoxy) is 1. The molecule has 3 aromatic carbocycles. The summed E-state index contributed by atoms with van der Waals surface area (Å²) in [6.45, 7) is -1.64. The van der Waals surface area contributed by atoms with Crippen molar-refractivity contribution in [1.82, 2.24) is 5.32 Å². The predicted octanol–water partition coefficient (Wildman–Crippen LogP) is 4.28. The maximum Gasteiger partial charge on any atom is 0.422 e. The number of anilines is 2. The topological polar surface area (TPSA) is 134 Å². The fourth-order valence-corrected chi connectivity index (χ4v) is 3.44. The lowest BCUT2D eigenvalue weighted by molar-refractivity contribution is -0.153. The molecule has 0 radical (unpaired) electrons. The van der Waals surface area contributed by atoms with Gasteiger partial charge in [0, 0.05) is 17.1 Å².